The Balaban J connectivity index is 2.33. The van der Waals surface area contributed by atoms with E-state index in [1.807, 2.05) is 6.92 Å². The number of unbranched alkanes of at least 4 members (excludes halogenated alkanes) is 2. The topological polar surface area (TPSA) is 107 Å². The highest BCUT2D eigenvalue weighted by atomic mass is 16.6. The monoisotopic (exact) mass is 281 g/mol. The van der Waals surface area contributed by atoms with Crippen molar-refractivity contribution in [2.75, 3.05) is 6.61 Å². The van der Waals surface area contributed by atoms with Crippen molar-refractivity contribution in [3.8, 4) is 5.75 Å². The second kappa shape index (κ2) is 8.11. The van der Waals surface area contributed by atoms with Gasteiger partial charge in [-0.1, -0.05) is 0 Å². The van der Waals surface area contributed by atoms with Crippen LogP contribution in [-0.4, -0.2) is 17.4 Å². The highest BCUT2D eigenvalue weighted by Crippen LogP contribution is 2.24. The number of nitro benzene ring substituents is 1. The number of nitrogens with one attached hydrogen (secondary N) is 1. The first kappa shape index (κ1) is 15.9. The Morgan fingerprint density at radius 2 is 2.15 bits per heavy atom. The van der Waals surface area contributed by atoms with Crippen LogP contribution in [0.5, 0.6) is 5.75 Å². The minimum atomic E-state index is -0.447. The second-order valence-corrected chi connectivity index (χ2v) is 4.43. The van der Waals surface area contributed by atoms with Gasteiger partial charge in [-0.2, -0.15) is 0 Å². The molecule has 0 spiro atoms. The van der Waals surface area contributed by atoms with Gasteiger partial charge in [0.15, 0.2) is 0 Å². The van der Waals surface area contributed by atoms with Crippen LogP contribution in [0.2, 0.25) is 0 Å². The summed E-state index contributed by atoms with van der Waals surface area (Å²) in [4.78, 5) is 21.1. The highest BCUT2D eigenvalue weighted by Gasteiger charge is 2.09. The van der Waals surface area contributed by atoms with Crippen LogP contribution in [0.4, 0.5) is 5.69 Å². The smallest absolute Gasteiger partial charge is 0.273 e. The van der Waals surface area contributed by atoms with Crippen molar-refractivity contribution < 1.29 is 14.5 Å². The molecule has 1 rings (SSSR count). The summed E-state index contributed by atoms with van der Waals surface area (Å²) in [6.07, 6.45) is 2.74. The predicted molar refractivity (Wildman–Crippen MR) is 74.1 cm³/mol. The van der Waals surface area contributed by atoms with E-state index in [1.165, 1.54) is 12.1 Å². The van der Waals surface area contributed by atoms with Crippen LogP contribution in [-0.2, 0) is 4.79 Å². The minimum Gasteiger partial charge on any atom is -0.493 e. The lowest BCUT2D eigenvalue weighted by atomic mass is 10.2. The summed E-state index contributed by atoms with van der Waals surface area (Å²) < 4.78 is 5.53. The summed E-state index contributed by atoms with van der Waals surface area (Å²) in [5, 5.41) is 10.7. The average Bonchev–Trinajstić information content (AvgIpc) is 2.43. The predicted octanol–water partition coefficient (Wildman–Crippen LogP) is 1.83. The fourth-order valence-electron chi connectivity index (χ4n) is 1.68. The third-order valence-electron chi connectivity index (χ3n) is 2.85. The number of benzene rings is 1. The lowest BCUT2D eigenvalue weighted by Gasteiger charge is -2.08. The molecule has 3 N–H and O–H groups in total. The number of nitro groups is 1. The van der Waals surface area contributed by atoms with Crippen molar-refractivity contribution in [2.45, 2.75) is 32.6 Å². The fraction of sp³-hybridized carbons (Fsp3) is 0.462. The average molecular weight is 281 g/mol. The van der Waals surface area contributed by atoms with Crippen LogP contribution in [0, 0.1) is 17.0 Å². The van der Waals surface area contributed by atoms with Gasteiger partial charge in [0, 0.05) is 12.5 Å². The van der Waals surface area contributed by atoms with E-state index in [-0.39, 0.29) is 11.6 Å². The maximum absolute atomic E-state index is 10.9. The maximum atomic E-state index is 10.9. The van der Waals surface area contributed by atoms with E-state index in [0.29, 0.717) is 18.8 Å². The number of nitrogens with two attached hydrogens (primary N) is 1. The fourth-order valence-corrected chi connectivity index (χ4v) is 1.68. The number of hydrogen-bond acceptors (Lipinski definition) is 5. The number of nitrogens with zero attached hydrogens (tertiary/aromatic N) is 1. The highest BCUT2D eigenvalue weighted by molar-refractivity contribution is 5.75. The molecule has 20 heavy (non-hydrogen) atoms. The molecule has 0 atom stereocenters. The molecule has 0 aromatic heterocycles. The van der Waals surface area contributed by atoms with E-state index in [0.717, 1.165) is 24.8 Å². The van der Waals surface area contributed by atoms with Gasteiger partial charge in [0.05, 0.1) is 17.6 Å². The van der Waals surface area contributed by atoms with Gasteiger partial charge in [-0.25, -0.2) is 5.84 Å². The number of amides is 1. The molecule has 0 saturated carbocycles. The number of carbonyl (C=O) groups is 1. The first-order chi connectivity index (χ1) is 9.54. The maximum Gasteiger partial charge on any atom is 0.273 e. The van der Waals surface area contributed by atoms with Gasteiger partial charge in [-0.15, -0.1) is 0 Å². The first-order valence-corrected chi connectivity index (χ1v) is 6.42. The quantitative estimate of drug-likeness (QED) is 0.248. The van der Waals surface area contributed by atoms with E-state index < -0.39 is 4.92 Å². The molecule has 0 aliphatic rings. The van der Waals surface area contributed by atoms with E-state index in [4.69, 9.17) is 10.6 Å². The van der Waals surface area contributed by atoms with Gasteiger partial charge < -0.3 is 4.74 Å². The van der Waals surface area contributed by atoms with Gasteiger partial charge in [0.25, 0.3) is 5.69 Å². The van der Waals surface area contributed by atoms with Crippen LogP contribution < -0.4 is 16.0 Å². The van der Waals surface area contributed by atoms with Gasteiger partial charge in [0.2, 0.25) is 5.91 Å². The lowest BCUT2D eigenvalue weighted by molar-refractivity contribution is -0.384. The van der Waals surface area contributed by atoms with E-state index in [1.54, 1.807) is 6.07 Å². The van der Waals surface area contributed by atoms with Crippen molar-refractivity contribution in [3.63, 3.8) is 0 Å². The van der Waals surface area contributed by atoms with Crippen molar-refractivity contribution >= 4 is 11.6 Å². The molecular formula is C13H19N3O4. The van der Waals surface area contributed by atoms with E-state index in [2.05, 4.69) is 5.43 Å². The molecule has 7 nitrogen and oxygen atoms in total. The molecular weight excluding hydrogens is 262 g/mol. The van der Waals surface area contributed by atoms with Crippen LogP contribution in [0.15, 0.2) is 18.2 Å². The molecule has 0 aliphatic carbocycles. The molecule has 0 aliphatic heterocycles. The zero-order chi connectivity index (χ0) is 15.0. The standard InChI is InChI=1S/C13H19N3O4/c1-10-6-7-11(16(18)19)9-12(10)20-8-4-2-3-5-13(17)15-14/h6-7,9H,2-5,8,14H2,1H3,(H,15,17). The van der Waals surface area contributed by atoms with E-state index >= 15 is 0 Å². The molecule has 0 unspecified atom stereocenters. The zero-order valence-corrected chi connectivity index (χ0v) is 11.4. The summed E-state index contributed by atoms with van der Waals surface area (Å²) in [5.74, 6) is 5.31. The first-order valence-electron chi connectivity index (χ1n) is 6.42. The Morgan fingerprint density at radius 3 is 2.80 bits per heavy atom. The number of ether oxygens (including phenoxy) is 1. The molecule has 1 amide bonds. The Labute approximate surface area is 117 Å². The van der Waals surface area contributed by atoms with E-state index in [9.17, 15) is 14.9 Å². The Bertz CT molecular complexity index is 477. The summed E-state index contributed by atoms with van der Waals surface area (Å²) in [6.45, 7) is 2.30. The summed E-state index contributed by atoms with van der Waals surface area (Å²) in [7, 11) is 0. The molecule has 1 aromatic rings. The van der Waals surface area contributed by atoms with Crippen molar-refractivity contribution in [3.05, 3.63) is 33.9 Å². The summed E-state index contributed by atoms with van der Waals surface area (Å²) in [6, 6.07) is 4.55. The van der Waals surface area contributed by atoms with Crippen LogP contribution in [0.1, 0.15) is 31.2 Å². The third-order valence-corrected chi connectivity index (χ3v) is 2.85. The number of rotatable bonds is 8. The number of aryl methyl sites for hydroxylation is 1. The minimum absolute atomic E-state index is 0.0187. The van der Waals surface area contributed by atoms with Gasteiger partial charge >= 0.3 is 0 Å². The van der Waals surface area contributed by atoms with Crippen molar-refractivity contribution in [2.24, 2.45) is 5.84 Å². The van der Waals surface area contributed by atoms with Gasteiger partial charge in [0.1, 0.15) is 5.75 Å². The number of hydrazine groups is 1. The number of hydrogen-bond donors (Lipinski definition) is 2. The largest absolute Gasteiger partial charge is 0.493 e. The normalized spacial score (nSPS) is 10.1. The molecule has 0 radical (unpaired) electrons. The van der Waals surface area contributed by atoms with Crippen molar-refractivity contribution in [1.82, 2.24) is 5.43 Å². The molecule has 1 aromatic carbocycles. The van der Waals surface area contributed by atoms with Crippen LogP contribution >= 0.6 is 0 Å². The lowest BCUT2D eigenvalue weighted by Crippen LogP contribution is -2.29. The third kappa shape index (κ3) is 5.23. The Kier molecular flexibility index (Phi) is 6.45. The molecule has 0 bridgehead atoms. The summed E-state index contributed by atoms with van der Waals surface area (Å²) >= 11 is 0. The SMILES string of the molecule is Cc1ccc([N+](=O)[O-])cc1OCCCCCC(=O)NN. The molecule has 0 heterocycles. The van der Waals surface area contributed by atoms with Gasteiger partial charge in [-0.05, 0) is 37.8 Å². The van der Waals surface area contributed by atoms with Crippen LogP contribution in [0.3, 0.4) is 0 Å². The number of non-ortho nitro benzene ring substituents is 1. The molecule has 7 heteroatoms. The zero-order valence-electron chi connectivity index (χ0n) is 11.4. The summed E-state index contributed by atoms with van der Waals surface area (Å²) in [5.41, 5.74) is 2.95. The molecule has 0 saturated heterocycles. The van der Waals surface area contributed by atoms with Crippen LogP contribution in [0.25, 0.3) is 0 Å². The Morgan fingerprint density at radius 1 is 1.40 bits per heavy atom. The molecule has 0 fully saturated rings. The Hall–Kier alpha value is -2.15. The van der Waals surface area contributed by atoms with Gasteiger partial charge in [-0.3, -0.25) is 20.3 Å². The molecule has 110 valence electrons. The second-order valence-electron chi connectivity index (χ2n) is 4.43. The van der Waals surface area contributed by atoms with Crippen molar-refractivity contribution in [1.29, 1.82) is 0 Å². The number of carbonyl (C=O) groups excluding carboxylic acids is 1.